The van der Waals surface area contributed by atoms with Crippen LogP contribution in [-0.2, 0) is 9.47 Å². The Bertz CT molecular complexity index is 714. The van der Waals surface area contributed by atoms with Gasteiger partial charge in [-0.2, -0.15) is 5.10 Å². The number of carbonyl (C=O) groups excluding carboxylic acids is 1. The van der Waals surface area contributed by atoms with Crippen LogP contribution in [0.3, 0.4) is 0 Å². The normalized spacial score (nSPS) is 10.9. The van der Waals surface area contributed by atoms with Crippen LogP contribution in [0.5, 0.6) is 0 Å². The van der Waals surface area contributed by atoms with Crippen LogP contribution in [0.25, 0.3) is 10.8 Å². The zero-order chi connectivity index (χ0) is 16.7. The van der Waals surface area contributed by atoms with Gasteiger partial charge in [0.1, 0.15) is 0 Å². The first kappa shape index (κ1) is 17.1. The number of aromatic amines is 1. The molecule has 23 heavy (non-hydrogen) atoms. The number of nitrogens with zero attached hydrogens (tertiary/aromatic N) is 2. The number of aromatic nitrogens is 2. The van der Waals surface area contributed by atoms with Gasteiger partial charge in [-0.25, -0.2) is 5.10 Å². The standard InChI is InChI=1S/C16H21N3O4/c1-22-10-5-8-19(9-11-23-2)16(21)14-12-6-3-4-7-13(12)15(20)18-17-14/h3-4,6-7H,5,8-11H2,1-2H3,(H,18,20). The molecular formula is C16H21N3O4. The number of ether oxygens (including phenoxy) is 2. The molecule has 1 N–H and O–H groups in total. The number of methoxy groups -OCH3 is 2. The van der Waals surface area contributed by atoms with Crippen LogP contribution < -0.4 is 5.56 Å². The van der Waals surface area contributed by atoms with Crippen LogP contribution in [0.2, 0.25) is 0 Å². The second-order valence-electron chi connectivity index (χ2n) is 5.08. The number of fused-ring (bicyclic) bond motifs is 1. The van der Waals surface area contributed by atoms with E-state index in [2.05, 4.69) is 10.2 Å². The summed E-state index contributed by atoms with van der Waals surface area (Å²) in [6.07, 6.45) is 0.716. The molecule has 7 heteroatoms. The third kappa shape index (κ3) is 4.14. The van der Waals surface area contributed by atoms with Crippen LogP contribution in [0.1, 0.15) is 16.9 Å². The zero-order valence-corrected chi connectivity index (χ0v) is 13.4. The lowest BCUT2D eigenvalue weighted by atomic mass is 10.1. The Labute approximate surface area is 134 Å². The molecule has 2 aromatic rings. The minimum absolute atomic E-state index is 0.231. The van der Waals surface area contributed by atoms with Crippen molar-refractivity contribution < 1.29 is 14.3 Å². The quantitative estimate of drug-likeness (QED) is 0.735. The Morgan fingerprint density at radius 1 is 1.13 bits per heavy atom. The van der Waals surface area contributed by atoms with E-state index in [0.717, 1.165) is 0 Å². The van der Waals surface area contributed by atoms with Crippen molar-refractivity contribution >= 4 is 16.7 Å². The number of rotatable bonds is 8. The maximum atomic E-state index is 12.8. The van der Waals surface area contributed by atoms with E-state index in [9.17, 15) is 9.59 Å². The Kier molecular flexibility index (Phi) is 6.25. The molecule has 7 nitrogen and oxygen atoms in total. The molecule has 124 valence electrons. The Balaban J connectivity index is 2.31. The molecule has 1 aromatic carbocycles. The predicted octanol–water partition coefficient (Wildman–Crippen LogP) is 1.05. The number of hydrogen-bond acceptors (Lipinski definition) is 5. The summed E-state index contributed by atoms with van der Waals surface area (Å²) in [6, 6.07) is 6.95. The van der Waals surface area contributed by atoms with Crippen molar-refractivity contribution in [1.29, 1.82) is 0 Å². The van der Waals surface area contributed by atoms with Gasteiger partial charge in [-0.05, 0) is 12.5 Å². The van der Waals surface area contributed by atoms with E-state index in [-0.39, 0.29) is 17.2 Å². The smallest absolute Gasteiger partial charge is 0.275 e. The average molecular weight is 319 g/mol. The highest BCUT2D eigenvalue weighted by Crippen LogP contribution is 2.14. The maximum Gasteiger partial charge on any atom is 0.275 e. The number of hydrogen-bond donors (Lipinski definition) is 1. The van der Waals surface area contributed by atoms with Crippen molar-refractivity contribution in [2.75, 3.05) is 40.5 Å². The van der Waals surface area contributed by atoms with E-state index in [0.29, 0.717) is 43.5 Å². The molecule has 1 amide bonds. The summed E-state index contributed by atoms with van der Waals surface area (Å²) in [5.41, 5.74) is -0.0614. The molecule has 0 fully saturated rings. The van der Waals surface area contributed by atoms with E-state index in [1.807, 2.05) is 0 Å². The molecule has 0 bridgehead atoms. The number of amides is 1. The topological polar surface area (TPSA) is 84.5 Å². The van der Waals surface area contributed by atoms with Crippen LogP contribution in [0, 0.1) is 0 Å². The van der Waals surface area contributed by atoms with Gasteiger partial charge >= 0.3 is 0 Å². The summed E-state index contributed by atoms with van der Waals surface area (Å²) >= 11 is 0. The van der Waals surface area contributed by atoms with E-state index in [1.54, 1.807) is 43.4 Å². The van der Waals surface area contributed by atoms with Gasteiger partial charge in [-0.3, -0.25) is 9.59 Å². The summed E-state index contributed by atoms with van der Waals surface area (Å²) in [5.74, 6) is -0.231. The largest absolute Gasteiger partial charge is 0.385 e. The number of nitrogens with one attached hydrogen (secondary N) is 1. The molecule has 0 atom stereocenters. The highest BCUT2D eigenvalue weighted by molar-refractivity contribution is 6.04. The first-order chi connectivity index (χ1) is 11.2. The zero-order valence-electron chi connectivity index (χ0n) is 13.4. The summed E-state index contributed by atoms with van der Waals surface area (Å²) in [5, 5.41) is 7.36. The number of carbonyl (C=O) groups is 1. The van der Waals surface area contributed by atoms with Gasteiger partial charge in [0, 0.05) is 39.3 Å². The van der Waals surface area contributed by atoms with Crippen molar-refractivity contribution in [3.05, 3.63) is 40.3 Å². The minimum Gasteiger partial charge on any atom is -0.385 e. The predicted molar refractivity (Wildman–Crippen MR) is 86.6 cm³/mol. The van der Waals surface area contributed by atoms with Gasteiger partial charge < -0.3 is 14.4 Å². The first-order valence-electron chi connectivity index (χ1n) is 7.43. The summed E-state index contributed by atoms with van der Waals surface area (Å²) in [4.78, 5) is 26.3. The second-order valence-corrected chi connectivity index (χ2v) is 5.08. The van der Waals surface area contributed by atoms with Crippen molar-refractivity contribution in [3.8, 4) is 0 Å². The van der Waals surface area contributed by atoms with Gasteiger partial charge in [0.05, 0.1) is 12.0 Å². The lowest BCUT2D eigenvalue weighted by Crippen LogP contribution is -2.36. The maximum absolute atomic E-state index is 12.8. The molecule has 0 spiro atoms. The molecule has 0 aliphatic heterocycles. The van der Waals surface area contributed by atoms with Crippen LogP contribution >= 0.6 is 0 Å². The molecule has 1 heterocycles. The summed E-state index contributed by atoms with van der Waals surface area (Å²) in [7, 11) is 3.21. The molecule has 0 aliphatic rings. The SMILES string of the molecule is COCCCN(CCOC)C(=O)c1n[nH]c(=O)c2ccccc12. The molecule has 0 unspecified atom stereocenters. The van der Waals surface area contributed by atoms with Gasteiger partial charge in [0.15, 0.2) is 5.69 Å². The summed E-state index contributed by atoms with van der Waals surface area (Å²) < 4.78 is 10.1. The van der Waals surface area contributed by atoms with Crippen molar-refractivity contribution in [3.63, 3.8) is 0 Å². The number of benzene rings is 1. The van der Waals surface area contributed by atoms with E-state index in [1.165, 1.54) is 0 Å². The molecular weight excluding hydrogens is 298 g/mol. The number of H-pyrrole nitrogens is 1. The fourth-order valence-corrected chi connectivity index (χ4v) is 2.34. The van der Waals surface area contributed by atoms with Crippen LogP contribution in [0.15, 0.2) is 29.1 Å². The Hall–Kier alpha value is -2.25. The van der Waals surface area contributed by atoms with E-state index in [4.69, 9.17) is 9.47 Å². The van der Waals surface area contributed by atoms with Crippen LogP contribution in [-0.4, -0.2) is 61.5 Å². The Morgan fingerprint density at radius 3 is 2.52 bits per heavy atom. The van der Waals surface area contributed by atoms with Gasteiger partial charge in [-0.1, -0.05) is 18.2 Å². The molecule has 0 aliphatic carbocycles. The van der Waals surface area contributed by atoms with E-state index < -0.39 is 0 Å². The molecule has 0 radical (unpaired) electrons. The fourth-order valence-electron chi connectivity index (χ4n) is 2.34. The fraction of sp³-hybridized carbons (Fsp3) is 0.438. The lowest BCUT2D eigenvalue weighted by molar-refractivity contribution is 0.0669. The minimum atomic E-state index is -0.306. The third-order valence-electron chi connectivity index (χ3n) is 3.53. The molecule has 0 saturated heterocycles. The Morgan fingerprint density at radius 2 is 1.83 bits per heavy atom. The van der Waals surface area contributed by atoms with Crippen molar-refractivity contribution in [2.45, 2.75) is 6.42 Å². The van der Waals surface area contributed by atoms with Crippen molar-refractivity contribution in [1.82, 2.24) is 15.1 Å². The van der Waals surface area contributed by atoms with Gasteiger partial charge in [0.25, 0.3) is 11.5 Å². The first-order valence-corrected chi connectivity index (χ1v) is 7.43. The highest BCUT2D eigenvalue weighted by Gasteiger charge is 2.20. The van der Waals surface area contributed by atoms with Crippen LogP contribution in [0.4, 0.5) is 0 Å². The molecule has 1 aromatic heterocycles. The van der Waals surface area contributed by atoms with E-state index >= 15 is 0 Å². The molecule has 2 rings (SSSR count). The van der Waals surface area contributed by atoms with Gasteiger partial charge in [0.2, 0.25) is 0 Å². The average Bonchev–Trinajstić information content (AvgIpc) is 2.58. The highest BCUT2D eigenvalue weighted by atomic mass is 16.5. The monoisotopic (exact) mass is 319 g/mol. The second kappa shape index (κ2) is 8.40. The molecule has 0 saturated carbocycles. The third-order valence-corrected chi connectivity index (χ3v) is 3.53. The van der Waals surface area contributed by atoms with Crippen molar-refractivity contribution in [2.24, 2.45) is 0 Å². The lowest BCUT2D eigenvalue weighted by Gasteiger charge is -2.22. The van der Waals surface area contributed by atoms with Gasteiger partial charge in [-0.15, -0.1) is 0 Å². The summed E-state index contributed by atoms with van der Waals surface area (Å²) in [6.45, 7) is 1.98.